The van der Waals surface area contributed by atoms with Crippen LogP contribution in [0.25, 0.3) is 0 Å². The molecule has 0 spiro atoms. The number of nitrogens with zero attached hydrogens (tertiary/aromatic N) is 1. The number of carbonyl (C=O) groups is 3. The smallest absolute Gasteiger partial charge is 0.307 e. The van der Waals surface area contributed by atoms with Crippen LogP contribution in [0.4, 0.5) is 5.69 Å². The number of carboxylic acid groups (broad SMARTS) is 1. The summed E-state index contributed by atoms with van der Waals surface area (Å²) in [6, 6.07) is 7.00. The zero-order chi connectivity index (χ0) is 19.0. The van der Waals surface area contributed by atoms with Gasteiger partial charge in [-0.15, -0.1) is 0 Å². The maximum atomic E-state index is 12.9. The Labute approximate surface area is 158 Å². The predicted octanol–water partition coefficient (Wildman–Crippen LogP) is 2.77. The van der Waals surface area contributed by atoms with Crippen LogP contribution in [0, 0.1) is 23.7 Å². The lowest BCUT2D eigenvalue weighted by Crippen LogP contribution is -2.38. The van der Waals surface area contributed by atoms with Crippen molar-refractivity contribution in [1.82, 2.24) is 4.90 Å². The largest absolute Gasteiger partial charge is 0.481 e. The van der Waals surface area contributed by atoms with Crippen molar-refractivity contribution in [3.8, 4) is 0 Å². The second-order valence-corrected chi connectivity index (χ2v) is 7.73. The van der Waals surface area contributed by atoms with Gasteiger partial charge in [-0.05, 0) is 49.7 Å². The van der Waals surface area contributed by atoms with Crippen LogP contribution < -0.4 is 5.32 Å². The van der Waals surface area contributed by atoms with Gasteiger partial charge in [-0.3, -0.25) is 14.4 Å². The summed E-state index contributed by atoms with van der Waals surface area (Å²) in [6.07, 6.45) is 7.72. The second-order valence-electron chi connectivity index (χ2n) is 7.73. The van der Waals surface area contributed by atoms with Gasteiger partial charge in [-0.25, -0.2) is 0 Å². The number of aliphatic carboxylic acids is 1. The number of rotatable bonds is 4. The molecule has 4 rings (SSSR count). The van der Waals surface area contributed by atoms with E-state index in [1.54, 1.807) is 24.3 Å². The van der Waals surface area contributed by atoms with Crippen molar-refractivity contribution in [1.29, 1.82) is 0 Å². The summed E-state index contributed by atoms with van der Waals surface area (Å²) >= 11 is 0. The van der Waals surface area contributed by atoms with E-state index in [4.69, 9.17) is 0 Å². The van der Waals surface area contributed by atoms with Gasteiger partial charge in [0.15, 0.2) is 0 Å². The summed E-state index contributed by atoms with van der Waals surface area (Å²) in [5.41, 5.74) is 0.937. The SMILES string of the molecule is O=C(O)[C@H]1[C@H](C(=O)Nc2ccccc2C(=O)N2CCCCC2)[C@H]2C=C[C@H]1C2. The van der Waals surface area contributed by atoms with Crippen LogP contribution >= 0.6 is 0 Å². The third-order valence-electron chi connectivity index (χ3n) is 6.11. The summed E-state index contributed by atoms with van der Waals surface area (Å²) in [7, 11) is 0. The summed E-state index contributed by atoms with van der Waals surface area (Å²) in [6.45, 7) is 1.47. The molecule has 2 aliphatic carbocycles. The zero-order valence-electron chi connectivity index (χ0n) is 15.1. The highest BCUT2D eigenvalue weighted by atomic mass is 16.4. The molecule has 142 valence electrons. The van der Waals surface area contributed by atoms with Crippen LogP contribution in [0.15, 0.2) is 36.4 Å². The van der Waals surface area contributed by atoms with Crippen molar-refractivity contribution in [2.45, 2.75) is 25.7 Å². The Morgan fingerprint density at radius 3 is 2.33 bits per heavy atom. The first-order valence-corrected chi connectivity index (χ1v) is 9.66. The van der Waals surface area contributed by atoms with E-state index in [0.717, 1.165) is 32.4 Å². The number of benzene rings is 1. The Balaban J connectivity index is 1.54. The monoisotopic (exact) mass is 368 g/mol. The van der Waals surface area contributed by atoms with Gasteiger partial charge >= 0.3 is 5.97 Å². The molecule has 2 N–H and O–H groups in total. The quantitative estimate of drug-likeness (QED) is 0.800. The van der Waals surface area contributed by atoms with Gasteiger partial charge in [-0.1, -0.05) is 24.3 Å². The number of carbonyl (C=O) groups excluding carboxylic acids is 2. The lowest BCUT2D eigenvalue weighted by molar-refractivity contribution is -0.146. The molecule has 1 aliphatic heterocycles. The number of likely N-dealkylation sites (tertiary alicyclic amines) is 1. The van der Waals surface area contributed by atoms with Gasteiger partial charge in [0.1, 0.15) is 0 Å². The molecule has 2 amide bonds. The van der Waals surface area contributed by atoms with Crippen LogP contribution in [0.5, 0.6) is 0 Å². The molecule has 0 unspecified atom stereocenters. The molecule has 1 saturated carbocycles. The summed E-state index contributed by atoms with van der Waals surface area (Å²) < 4.78 is 0. The number of hydrogen-bond donors (Lipinski definition) is 2. The summed E-state index contributed by atoms with van der Waals surface area (Å²) in [5, 5.41) is 12.4. The first-order valence-electron chi connectivity index (χ1n) is 9.66. The van der Waals surface area contributed by atoms with Crippen LogP contribution in [-0.4, -0.2) is 40.9 Å². The van der Waals surface area contributed by atoms with Crippen molar-refractivity contribution in [3.05, 3.63) is 42.0 Å². The molecular weight excluding hydrogens is 344 g/mol. The van der Waals surface area contributed by atoms with Crippen molar-refractivity contribution in [3.63, 3.8) is 0 Å². The standard InChI is InChI=1S/C21H24N2O4/c24-19(17-13-8-9-14(12-13)18(17)21(26)27)22-16-7-3-2-6-15(16)20(25)23-10-4-1-5-11-23/h2-3,6-9,13-14,17-18H,1,4-5,10-12H2,(H,22,24)(H,26,27)/t13-,14-,17+,18+/m0/s1. The molecule has 2 fully saturated rings. The number of anilines is 1. The van der Waals surface area contributed by atoms with Gasteiger partial charge in [-0.2, -0.15) is 0 Å². The van der Waals surface area contributed by atoms with Gasteiger partial charge in [0.05, 0.1) is 23.1 Å². The molecule has 0 aromatic heterocycles. The van der Waals surface area contributed by atoms with Gasteiger partial charge in [0.25, 0.3) is 5.91 Å². The molecule has 6 heteroatoms. The Kier molecular flexibility index (Phi) is 4.72. The van der Waals surface area contributed by atoms with Crippen LogP contribution in [-0.2, 0) is 9.59 Å². The first kappa shape index (κ1) is 17.8. The molecule has 0 radical (unpaired) electrons. The van der Waals surface area contributed by atoms with Crippen molar-refractivity contribution >= 4 is 23.5 Å². The molecule has 4 atom stereocenters. The molecule has 1 aromatic carbocycles. The fourth-order valence-electron chi connectivity index (χ4n) is 4.78. The third-order valence-corrected chi connectivity index (χ3v) is 6.11. The van der Waals surface area contributed by atoms with Gasteiger partial charge < -0.3 is 15.3 Å². The summed E-state index contributed by atoms with van der Waals surface area (Å²) in [5.74, 6) is -2.70. The molecule has 1 aromatic rings. The second kappa shape index (κ2) is 7.18. The third kappa shape index (κ3) is 3.24. The molecule has 27 heavy (non-hydrogen) atoms. The minimum atomic E-state index is -0.926. The predicted molar refractivity (Wildman–Crippen MR) is 100 cm³/mol. The Morgan fingerprint density at radius 1 is 0.963 bits per heavy atom. The van der Waals surface area contributed by atoms with E-state index in [0.29, 0.717) is 17.7 Å². The Bertz CT molecular complexity index is 797. The van der Waals surface area contributed by atoms with E-state index in [1.807, 2.05) is 17.1 Å². The lowest BCUT2D eigenvalue weighted by atomic mass is 9.82. The van der Waals surface area contributed by atoms with E-state index in [9.17, 15) is 19.5 Å². The number of fused-ring (bicyclic) bond motifs is 2. The minimum Gasteiger partial charge on any atom is -0.481 e. The number of nitrogens with one attached hydrogen (secondary N) is 1. The maximum absolute atomic E-state index is 12.9. The average Bonchev–Trinajstić information content (AvgIpc) is 3.30. The Morgan fingerprint density at radius 2 is 1.63 bits per heavy atom. The highest BCUT2D eigenvalue weighted by Gasteiger charge is 2.51. The fraction of sp³-hybridized carbons (Fsp3) is 0.476. The number of hydrogen-bond acceptors (Lipinski definition) is 3. The van der Waals surface area contributed by atoms with Crippen LogP contribution in [0.3, 0.4) is 0 Å². The highest BCUT2D eigenvalue weighted by molar-refractivity contribution is 6.05. The fourth-order valence-corrected chi connectivity index (χ4v) is 4.78. The molecule has 3 aliphatic rings. The van der Waals surface area contributed by atoms with E-state index in [1.165, 1.54) is 0 Å². The van der Waals surface area contributed by atoms with Crippen molar-refractivity contribution in [2.24, 2.45) is 23.7 Å². The number of piperidine rings is 1. The molecule has 1 heterocycles. The van der Waals surface area contributed by atoms with Crippen LogP contribution in [0.2, 0.25) is 0 Å². The highest BCUT2D eigenvalue weighted by Crippen LogP contribution is 2.48. The van der Waals surface area contributed by atoms with E-state index < -0.39 is 17.8 Å². The molecular formula is C21H24N2O4. The van der Waals surface area contributed by atoms with Crippen LogP contribution in [0.1, 0.15) is 36.0 Å². The van der Waals surface area contributed by atoms with Crippen molar-refractivity contribution < 1.29 is 19.5 Å². The van der Waals surface area contributed by atoms with E-state index >= 15 is 0 Å². The zero-order valence-corrected chi connectivity index (χ0v) is 15.1. The molecule has 2 bridgehead atoms. The van der Waals surface area contributed by atoms with Gasteiger partial charge in [0.2, 0.25) is 5.91 Å². The number of para-hydroxylation sites is 1. The van der Waals surface area contributed by atoms with E-state index in [2.05, 4.69) is 5.32 Å². The Hall–Kier alpha value is -2.63. The number of amides is 2. The minimum absolute atomic E-state index is 0.0407. The summed E-state index contributed by atoms with van der Waals surface area (Å²) in [4.78, 5) is 39.3. The normalized spacial score (nSPS) is 29.0. The maximum Gasteiger partial charge on any atom is 0.307 e. The van der Waals surface area contributed by atoms with Crippen molar-refractivity contribution in [2.75, 3.05) is 18.4 Å². The van der Waals surface area contributed by atoms with Gasteiger partial charge in [0, 0.05) is 13.1 Å². The number of carboxylic acids is 1. The number of allylic oxidation sites excluding steroid dienone is 2. The molecule has 1 saturated heterocycles. The van der Waals surface area contributed by atoms with E-state index in [-0.39, 0.29) is 23.7 Å². The lowest BCUT2D eigenvalue weighted by Gasteiger charge is -2.28. The topological polar surface area (TPSA) is 86.7 Å². The molecule has 6 nitrogen and oxygen atoms in total. The average molecular weight is 368 g/mol. The first-order chi connectivity index (χ1) is 13.1.